The number of rotatable bonds is 4. The number of nitrogens with zero attached hydrogens (tertiary/aromatic N) is 1. The van der Waals surface area contributed by atoms with Crippen LogP contribution in [-0.4, -0.2) is 9.97 Å². The smallest absolute Gasteiger partial charge is 0.254 e. The van der Waals surface area contributed by atoms with Crippen LogP contribution in [0.25, 0.3) is 0 Å². The van der Waals surface area contributed by atoms with Crippen molar-refractivity contribution in [1.29, 1.82) is 0 Å². The Kier molecular flexibility index (Phi) is 4.43. The van der Waals surface area contributed by atoms with Crippen LogP contribution in [0.1, 0.15) is 29.6 Å². The van der Waals surface area contributed by atoms with Gasteiger partial charge in [0.1, 0.15) is 5.82 Å². The molecule has 100 valence electrons. The summed E-state index contributed by atoms with van der Waals surface area (Å²) in [6, 6.07) is 8.32. The lowest BCUT2D eigenvalue weighted by Crippen LogP contribution is -2.18. The van der Waals surface area contributed by atoms with Crippen LogP contribution in [0.5, 0.6) is 0 Å². The fraction of sp³-hybridized carbons (Fsp3) is 0.333. The zero-order valence-corrected chi connectivity index (χ0v) is 12.3. The van der Waals surface area contributed by atoms with E-state index < -0.39 is 0 Å². The summed E-state index contributed by atoms with van der Waals surface area (Å²) in [7, 11) is 0. The molecule has 1 N–H and O–H groups in total. The minimum atomic E-state index is -0.00478. The lowest BCUT2D eigenvalue weighted by Gasteiger charge is -2.06. The maximum absolute atomic E-state index is 11.9. The van der Waals surface area contributed by atoms with Crippen molar-refractivity contribution in [3.8, 4) is 0 Å². The molecule has 0 aliphatic carbocycles. The van der Waals surface area contributed by atoms with Gasteiger partial charge in [0.05, 0.1) is 5.75 Å². The number of hydrogen-bond acceptors (Lipinski definition) is 3. The molecule has 19 heavy (non-hydrogen) atoms. The largest absolute Gasteiger partial charge is 0.310 e. The molecule has 2 aromatic rings. The maximum atomic E-state index is 11.9. The molecule has 0 bridgehead atoms. The molecule has 0 atom stereocenters. The first-order valence-corrected chi connectivity index (χ1v) is 7.37. The Balaban J connectivity index is 2.14. The highest BCUT2D eigenvalue weighted by atomic mass is 32.2. The lowest BCUT2D eigenvalue weighted by atomic mass is 10.2. The number of nitrogens with one attached hydrogen (secondary N) is 1. The summed E-state index contributed by atoms with van der Waals surface area (Å²) in [5.74, 6) is 1.43. The average molecular weight is 274 g/mol. The van der Waals surface area contributed by atoms with Gasteiger partial charge in [0.25, 0.3) is 5.56 Å². The molecule has 0 unspecified atom stereocenters. The molecular weight excluding hydrogens is 256 g/mol. The SMILES string of the molecule is CCc1c(C)nc(CSc2cccc(C)c2)[nH]c1=O. The van der Waals surface area contributed by atoms with Gasteiger partial charge < -0.3 is 4.98 Å². The van der Waals surface area contributed by atoms with E-state index in [1.54, 1.807) is 11.8 Å². The zero-order valence-electron chi connectivity index (χ0n) is 11.5. The fourth-order valence-corrected chi connectivity index (χ4v) is 2.89. The Bertz CT molecular complexity index is 634. The summed E-state index contributed by atoms with van der Waals surface area (Å²) in [5, 5.41) is 0. The molecule has 0 saturated heterocycles. The van der Waals surface area contributed by atoms with Crippen LogP contribution in [0.15, 0.2) is 34.0 Å². The summed E-state index contributed by atoms with van der Waals surface area (Å²) in [6.07, 6.45) is 0.722. The molecule has 4 heteroatoms. The molecule has 1 heterocycles. The minimum absolute atomic E-state index is 0.00478. The second kappa shape index (κ2) is 6.06. The summed E-state index contributed by atoms with van der Waals surface area (Å²) in [4.78, 5) is 20.4. The minimum Gasteiger partial charge on any atom is -0.310 e. The number of benzene rings is 1. The summed E-state index contributed by atoms with van der Waals surface area (Å²) in [6.45, 7) is 5.94. The van der Waals surface area contributed by atoms with E-state index >= 15 is 0 Å². The van der Waals surface area contributed by atoms with Crippen LogP contribution in [0.2, 0.25) is 0 Å². The van der Waals surface area contributed by atoms with E-state index in [1.807, 2.05) is 19.9 Å². The topological polar surface area (TPSA) is 45.8 Å². The van der Waals surface area contributed by atoms with Gasteiger partial charge in [0, 0.05) is 16.2 Å². The third-order valence-electron chi connectivity index (χ3n) is 2.99. The molecule has 0 spiro atoms. The molecular formula is C15H18N2OS. The summed E-state index contributed by atoms with van der Waals surface area (Å²) >= 11 is 1.69. The Morgan fingerprint density at radius 3 is 2.74 bits per heavy atom. The van der Waals surface area contributed by atoms with Gasteiger partial charge >= 0.3 is 0 Å². The molecule has 0 aliphatic rings. The van der Waals surface area contributed by atoms with E-state index in [1.165, 1.54) is 10.5 Å². The molecule has 0 aliphatic heterocycles. The van der Waals surface area contributed by atoms with Gasteiger partial charge in [0.15, 0.2) is 0 Å². The van der Waals surface area contributed by atoms with Crippen molar-refractivity contribution in [2.45, 2.75) is 37.8 Å². The summed E-state index contributed by atoms with van der Waals surface area (Å²) < 4.78 is 0. The highest BCUT2D eigenvalue weighted by Gasteiger charge is 2.06. The first kappa shape index (κ1) is 13.9. The number of aryl methyl sites for hydroxylation is 2. The van der Waals surface area contributed by atoms with Crippen LogP contribution >= 0.6 is 11.8 Å². The Hall–Kier alpha value is -1.55. The first-order valence-electron chi connectivity index (χ1n) is 6.38. The van der Waals surface area contributed by atoms with E-state index in [-0.39, 0.29) is 5.56 Å². The van der Waals surface area contributed by atoms with E-state index in [4.69, 9.17) is 0 Å². The number of aromatic nitrogens is 2. The summed E-state index contributed by atoms with van der Waals surface area (Å²) in [5.41, 5.74) is 2.86. The third kappa shape index (κ3) is 3.47. The number of H-pyrrole nitrogens is 1. The fourth-order valence-electron chi connectivity index (χ4n) is 2.01. The first-order chi connectivity index (χ1) is 9.10. The van der Waals surface area contributed by atoms with Gasteiger partial charge in [-0.15, -0.1) is 11.8 Å². The molecule has 3 nitrogen and oxygen atoms in total. The van der Waals surface area contributed by atoms with Gasteiger partial charge in [-0.2, -0.15) is 0 Å². The molecule has 0 saturated carbocycles. The van der Waals surface area contributed by atoms with Gasteiger partial charge in [0.2, 0.25) is 0 Å². The molecule has 1 aromatic carbocycles. The van der Waals surface area contributed by atoms with Crippen LogP contribution in [-0.2, 0) is 12.2 Å². The average Bonchev–Trinajstić information content (AvgIpc) is 2.36. The van der Waals surface area contributed by atoms with Crippen molar-refractivity contribution < 1.29 is 0 Å². The van der Waals surface area contributed by atoms with Crippen LogP contribution in [0.4, 0.5) is 0 Å². The molecule has 0 radical (unpaired) electrons. The van der Waals surface area contributed by atoms with E-state index in [0.717, 1.165) is 23.5 Å². The highest BCUT2D eigenvalue weighted by molar-refractivity contribution is 7.98. The van der Waals surface area contributed by atoms with Crippen molar-refractivity contribution >= 4 is 11.8 Å². The predicted octanol–water partition coefficient (Wildman–Crippen LogP) is 3.24. The lowest BCUT2D eigenvalue weighted by molar-refractivity contribution is 0.907. The normalized spacial score (nSPS) is 10.7. The predicted molar refractivity (Wildman–Crippen MR) is 79.7 cm³/mol. The highest BCUT2D eigenvalue weighted by Crippen LogP contribution is 2.21. The van der Waals surface area contributed by atoms with Gasteiger partial charge in [-0.25, -0.2) is 4.98 Å². The van der Waals surface area contributed by atoms with Gasteiger partial charge in [-0.05, 0) is 32.4 Å². The van der Waals surface area contributed by atoms with E-state index in [9.17, 15) is 4.79 Å². The van der Waals surface area contributed by atoms with Gasteiger partial charge in [-0.1, -0.05) is 24.6 Å². The van der Waals surface area contributed by atoms with Gasteiger partial charge in [-0.3, -0.25) is 4.79 Å². The molecule has 0 amide bonds. The monoisotopic (exact) mass is 274 g/mol. The van der Waals surface area contributed by atoms with Crippen molar-refractivity contribution in [2.75, 3.05) is 0 Å². The third-order valence-corrected chi connectivity index (χ3v) is 3.99. The van der Waals surface area contributed by atoms with Crippen molar-refractivity contribution in [1.82, 2.24) is 9.97 Å². The van der Waals surface area contributed by atoms with Crippen molar-refractivity contribution in [3.63, 3.8) is 0 Å². The Morgan fingerprint density at radius 1 is 1.32 bits per heavy atom. The quantitative estimate of drug-likeness (QED) is 0.871. The number of hydrogen-bond donors (Lipinski definition) is 1. The van der Waals surface area contributed by atoms with Crippen molar-refractivity contribution in [3.05, 3.63) is 57.3 Å². The second-order valence-electron chi connectivity index (χ2n) is 4.54. The Labute approximate surface area is 117 Å². The van der Waals surface area contributed by atoms with Crippen LogP contribution < -0.4 is 5.56 Å². The number of aromatic amines is 1. The molecule has 0 fully saturated rings. The Morgan fingerprint density at radius 2 is 2.11 bits per heavy atom. The molecule has 1 aromatic heterocycles. The van der Waals surface area contributed by atoms with E-state index in [2.05, 4.69) is 35.1 Å². The maximum Gasteiger partial charge on any atom is 0.254 e. The standard InChI is InChI=1S/C15H18N2OS/c1-4-13-11(3)16-14(17-15(13)18)9-19-12-7-5-6-10(2)8-12/h5-8H,4,9H2,1-3H3,(H,16,17,18). The van der Waals surface area contributed by atoms with Crippen molar-refractivity contribution in [2.24, 2.45) is 0 Å². The van der Waals surface area contributed by atoms with E-state index in [0.29, 0.717) is 5.75 Å². The van der Waals surface area contributed by atoms with Crippen LogP contribution in [0.3, 0.4) is 0 Å². The van der Waals surface area contributed by atoms with Crippen LogP contribution in [0, 0.1) is 13.8 Å². The zero-order chi connectivity index (χ0) is 13.8. The molecule has 2 rings (SSSR count). The number of thioether (sulfide) groups is 1. The second-order valence-corrected chi connectivity index (χ2v) is 5.58.